The van der Waals surface area contributed by atoms with Crippen molar-refractivity contribution in [1.29, 1.82) is 0 Å². The van der Waals surface area contributed by atoms with Gasteiger partial charge < -0.3 is 10.8 Å². The molecule has 0 unspecified atom stereocenters. The minimum atomic E-state index is -0.396. The maximum atomic E-state index is 11.4. The molecule has 1 rings (SSSR count). The first-order valence-electron chi connectivity index (χ1n) is 4.35. The van der Waals surface area contributed by atoms with E-state index in [1.165, 1.54) is 4.57 Å². The fourth-order valence-electron chi connectivity index (χ4n) is 1.11. The zero-order chi connectivity index (χ0) is 10.9. The summed E-state index contributed by atoms with van der Waals surface area (Å²) < 4.78 is 1.45. The first-order valence-corrected chi connectivity index (χ1v) is 4.35. The van der Waals surface area contributed by atoms with Crippen molar-refractivity contribution >= 4 is 5.82 Å². The van der Waals surface area contributed by atoms with Gasteiger partial charge in [0.15, 0.2) is 0 Å². The van der Waals surface area contributed by atoms with Crippen LogP contribution in [0.1, 0.15) is 26.3 Å². The van der Waals surface area contributed by atoms with Crippen molar-refractivity contribution in [3.63, 3.8) is 0 Å². The number of aliphatic hydroxyl groups is 1. The number of aliphatic hydroxyl groups excluding tert-OH is 1. The number of anilines is 1. The van der Waals surface area contributed by atoms with Gasteiger partial charge in [0, 0.05) is 17.3 Å². The average molecular weight is 197 g/mol. The minimum absolute atomic E-state index is 0.0954. The molecule has 0 radical (unpaired) electrons. The number of nitrogen functional groups attached to an aromatic ring is 1. The highest BCUT2D eigenvalue weighted by molar-refractivity contribution is 5.36. The van der Waals surface area contributed by atoms with Crippen LogP contribution < -0.4 is 11.4 Å². The fraction of sp³-hybridized carbons (Fsp3) is 0.556. The number of nitrogens with zero attached hydrogens (tertiary/aromatic N) is 2. The van der Waals surface area contributed by atoms with Crippen LogP contribution in [0, 0.1) is 0 Å². The predicted octanol–water partition coefficient (Wildman–Crippen LogP) is 0.0728. The van der Waals surface area contributed by atoms with E-state index in [1.54, 1.807) is 6.20 Å². The maximum absolute atomic E-state index is 11.4. The van der Waals surface area contributed by atoms with Gasteiger partial charge in [-0.3, -0.25) is 4.57 Å². The van der Waals surface area contributed by atoms with Crippen molar-refractivity contribution in [2.24, 2.45) is 0 Å². The van der Waals surface area contributed by atoms with Crippen molar-refractivity contribution in [3.05, 3.63) is 22.2 Å². The molecular formula is C9H15N3O2. The standard InChI is InChI=1S/C9H15N3O2/c1-9(2,3)12-4-6(5-13)7(10)11-8(12)14/h4,13H,5H2,1-3H3,(H2,10,11,14). The Morgan fingerprint density at radius 2 is 2.14 bits per heavy atom. The lowest BCUT2D eigenvalue weighted by atomic mass is 10.1. The number of rotatable bonds is 1. The van der Waals surface area contributed by atoms with Crippen molar-refractivity contribution in [2.45, 2.75) is 32.9 Å². The predicted molar refractivity (Wildman–Crippen MR) is 53.8 cm³/mol. The zero-order valence-electron chi connectivity index (χ0n) is 8.61. The molecule has 5 nitrogen and oxygen atoms in total. The van der Waals surface area contributed by atoms with Crippen LogP contribution in [0.2, 0.25) is 0 Å². The number of hydrogen-bond acceptors (Lipinski definition) is 4. The van der Waals surface area contributed by atoms with Crippen LogP contribution in [0.5, 0.6) is 0 Å². The molecule has 0 aliphatic rings. The second kappa shape index (κ2) is 3.42. The van der Waals surface area contributed by atoms with Gasteiger partial charge in [-0.15, -0.1) is 0 Å². The van der Waals surface area contributed by atoms with E-state index in [9.17, 15) is 4.79 Å². The largest absolute Gasteiger partial charge is 0.391 e. The molecule has 14 heavy (non-hydrogen) atoms. The Morgan fingerprint density at radius 3 is 2.57 bits per heavy atom. The summed E-state index contributed by atoms with van der Waals surface area (Å²) in [5.74, 6) is 0.0954. The van der Waals surface area contributed by atoms with Gasteiger partial charge in [0.2, 0.25) is 0 Å². The minimum Gasteiger partial charge on any atom is -0.391 e. The molecule has 0 aliphatic carbocycles. The summed E-state index contributed by atoms with van der Waals surface area (Å²) in [7, 11) is 0. The lowest BCUT2D eigenvalue weighted by Crippen LogP contribution is -2.36. The van der Waals surface area contributed by atoms with Crippen LogP contribution in [-0.2, 0) is 12.1 Å². The molecule has 1 heterocycles. The summed E-state index contributed by atoms with van der Waals surface area (Å²) in [6, 6.07) is 0. The maximum Gasteiger partial charge on any atom is 0.350 e. The average Bonchev–Trinajstić information content (AvgIpc) is 2.02. The van der Waals surface area contributed by atoms with Gasteiger partial charge in [-0.25, -0.2) is 4.79 Å². The van der Waals surface area contributed by atoms with E-state index in [-0.39, 0.29) is 18.0 Å². The number of nitrogens with two attached hydrogens (primary N) is 1. The quantitative estimate of drug-likeness (QED) is 0.667. The summed E-state index contributed by atoms with van der Waals surface area (Å²) >= 11 is 0. The van der Waals surface area contributed by atoms with E-state index in [4.69, 9.17) is 10.8 Å². The molecule has 0 amide bonds. The molecule has 0 spiro atoms. The highest BCUT2D eigenvalue weighted by Crippen LogP contribution is 2.13. The monoisotopic (exact) mass is 197 g/mol. The second-order valence-electron chi connectivity index (χ2n) is 4.13. The topological polar surface area (TPSA) is 81.1 Å². The molecule has 0 saturated carbocycles. The van der Waals surface area contributed by atoms with E-state index >= 15 is 0 Å². The van der Waals surface area contributed by atoms with Crippen LogP contribution in [0.25, 0.3) is 0 Å². The van der Waals surface area contributed by atoms with Gasteiger partial charge in [0.05, 0.1) is 6.61 Å². The van der Waals surface area contributed by atoms with Gasteiger partial charge in [-0.1, -0.05) is 0 Å². The summed E-state index contributed by atoms with van der Waals surface area (Å²) in [6.45, 7) is 5.43. The summed E-state index contributed by atoms with van der Waals surface area (Å²) in [6.07, 6.45) is 1.55. The lowest BCUT2D eigenvalue weighted by molar-refractivity contribution is 0.278. The van der Waals surface area contributed by atoms with E-state index in [1.807, 2.05) is 20.8 Å². The third-order valence-corrected chi connectivity index (χ3v) is 1.93. The van der Waals surface area contributed by atoms with E-state index in [2.05, 4.69) is 4.98 Å². The Balaban J connectivity index is 3.40. The Morgan fingerprint density at radius 1 is 1.57 bits per heavy atom. The van der Waals surface area contributed by atoms with Crippen molar-refractivity contribution in [2.75, 3.05) is 5.73 Å². The molecule has 0 aliphatic heterocycles. The van der Waals surface area contributed by atoms with Crippen LogP contribution in [0.4, 0.5) is 5.82 Å². The van der Waals surface area contributed by atoms with Crippen molar-refractivity contribution in [3.8, 4) is 0 Å². The molecule has 1 aromatic heterocycles. The van der Waals surface area contributed by atoms with Gasteiger partial charge in [0.1, 0.15) is 5.82 Å². The molecular weight excluding hydrogens is 182 g/mol. The zero-order valence-corrected chi connectivity index (χ0v) is 8.61. The van der Waals surface area contributed by atoms with Crippen LogP contribution in [0.3, 0.4) is 0 Å². The third kappa shape index (κ3) is 1.93. The van der Waals surface area contributed by atoms with Gasteiger partial charge in [0.25, 0.3) is 0 Å². The fourth-order valence-corrected chi connectivity index (χ4v) is 1.11. The van der Waals surface area contributed by atoms with Crippen LogP contribution in [-0.4, -0.2) is 14.7 Å². The van der Waals surface area contributed by atoms with Crippen molar-refractivity contribution in [1.82, 2.24) is 9.55 Å². The molecule has 0 bridgehead atoms. The van der Waals surface area contributed by atoms with Crippen molar-refractivity contribution < 1.29 is 5.11 Å². The SMILES string of the molecule is CC(C)(C)n1cc(CO)c(N)nc1=O. The Kier molecular flexibility index (Phi) is 2.62. The number of hydrogen-bond donors (Lipinski definition) is 2. The molecule has 0 saturated heterocycles. The first kappa shape index (κ1) is 10.7. The summed E-state index contributed by atoms with van der Waals surface area (Å²) in [4.78, 5) is 15.1. The molecule has 1 aromatic rings. The highest BCUT2D eigenvalue weighted by atomic mass is 16.3. The normalized spacial score (nSPS) is 11.7. The summed E-state index contributed by atoms with van der Waals surface area (Å²) in [5.41, 5.74) is 5.18. The second-order valence-corrected chi connectivity index (χ2v) is 4.13. The summed E-state index contributed by atoms with van der Waals surface area (Å²) in [5, 5.41) is 8.96. The van der Waals surface area contributed by atoms with Gasteiger partial charge in [-0.05, 0) is 20.8 Å². The van der Waals surface area contributed by atoms with E-state index in [0.717, 1.165) is 0 Å². The molecule has 78 valence electrons. The molecule has 0 aromatic carbocycles. The third-order valence-electron chi connectivity index (χ3n) is 1.93. The van der Waals surface area contributed by atoms with Crippen LogP contribution in [0.15, 0.2) is 11.0 Å². The Hall–Kier alpha value is -1.36. The molecule has 0 atom stereocenters. The number of aromatic nitrogens is 2. The molecule has 5 heteroatoms. The van der Waals surface area contributed by atoms with E-state index < -0.39 is 5.69 Å². The smallest absolute Gasteiger partial charge is 0.350 e. The first-order chi connectivity index (χ1) is 6.36. The Labute approximate surface area is 82.2 Å². The highest BCUT2D eigenvalue weighted by Gasteiger charge is 2.16. The Bertz CT molecular complexity index is 390. The molecule has 0 fully saturated rings. The van der Waals surface area contributed by atoms with E-state index in [0.29, 0.717) is 5.56 Å². The lowest BCUT2D eigenvalue weighted by Gasteiger charge is -2.22. The molecule has 3 N–H and O–H groups in total. The van der Waals surface area contributed by atoms with Gasteiger partial charge in [-0.2, -0.15) is 4.98 Å². The van der Waals surface area contributed by atoms with Crippen LogP contribution >= 0.6 is 0 Å². The van der Waals surface area contributed by atoms with Gasteiger partial charge >= 0.3 is 5.69 Å².